The number of allylic oxidation sites excluding steroid dienone is 5. The first-order valence-corrected chi connectivity index (χ1v) is 16.9. The number of methoxy groups -OCH3 is 1. The van der Waals surface area contributed by atoms with E-state index in [0.717, 1.165) is 28.0 Å². The molecule has 0 radical (unpaired) electrons. The topological polar surface area (TPSA) is 115 Å². The number of carbonyl (C=O) groups excluding carboxylic acids is 2. The molecule has 11 heteroatoms. The summed E-state index contributed by atoms with van der Waals surface area (Å²) >= 11 is 13.0. The van der Waals surface area contributed by atoms with Crippen molar-refractivity contribution < 1.29 is 24.2 Å². The molecule has 50 heavy (non-hydrogen) atoms. The number of benzene rings is 3. The summed E-state index contributed by atoms with van der Waals surface area (Å²) in [5.41, 5.74) is 5.24. The van der Waals surface area contributed by atoms with Crippen molar-refractivity contribution in [3.8, 4) is 17.2 Å². The lowest BCUT2D eigenvalue weighted by Gasteiger charge is -2.17. The molecule has 0 atom stereocenters. The van der Waals surface area contributed by atoms with Crippen LogP contribution in [0.25, 0.3) is 5.69 Å². The van der Waals surface area contributed by atoms with Gasteiger partial charge in [0.15, 0.2) is 0 Å². The van der Waals surface area contributed by atoms with E-state index in [2.05, 4.69) is 10.6 Å². The molecule has 0 saturated heterocycles. The molecule has 0 unspecified atom stereocenters. The smallest absolute Gasteiger partial charge is 0.320 e. The SMILES string of the molecule is COc1ccc(CC2=CCC(C)=CC(OCc3ccccc3CNC(=O)Nc3cc(C(C)(C)C)nn3-c3ccc(O)cc3)=C(Cl)C2=O)cc1Cl. The fourth-order valence-corrected chi connectivity index (χ4v) is 5.77. The summed E-state index contributed by atoms with van der Waals surface area (Å²) in [6, 6.07) is 21.0. The van der Waals surface area contributed by atoms with Crippen molar-refractivity contribution in [3.05, 3.63) is 134 Å². The van der Waals surface area contributed by atoms with E-state index >= 15 is 0 Å². The minimum absolute atomic E-state index is 0.00948. The standard InChI is InChI=1S/C39H40Cl2N4O5/c1-24-10-12-26(19-25-11-17-32(49-5)31(40)20-25)37(47)36(41)33(18-24)50-23-28-9-7-6-8-27(28)22-42-38(48)43-35-21-34(39(2,3)4)44-45(35)29-13-15-30(46)16-14-29/h6-9,11-18,20-21,46H,10,19,22-23H2,1-5H3,(H2,42,43,48). The number of nitrogens with one attached hydrogen (secondary N) is 2. The monoisotopic (exact) mass is 714 g/mol. The number of hydrogen-bond donors (Lipinski definition) is 3. The maximum atomic E-state index is 13.5. The summed E-state index contributed by atoms with van der Waals surface area (Å²) in [6.07, 6.45) is 4.58. The third kappa shape index (κ3) is 8.97. The molecule has 1 aliphatic carbocycles. The quantitative estimate of drug-likeness (QED) is 0.151. The van der Waals surface area contributed by atoms with Crippen LogP contribution >= 0.6 is 23.2 Å². The number of phenolic OH excluding ortho intramolecular Hbond substituents is 1. The molecule has 3 N–H and O–H groups in total. The van der Waals surface area contributed by atoms with E-state index < -0.39 is 6.03 Å². The number of anilines is 1. The predicted octanol–water partition coefficient (Wildman–Crippen LogP) is 8.91. The van der Waals surface area contributed by atoms with Gasteiger partial charge in [-0.05, 0) is 72.5 Å². The first kappa shape index (κ1) is 36.3. The van der Waals surface area contributed by atoms with Crippen molar-refractivity contribution >= 4 is 40.8 Å². The molecule has 0 aliphatic heterocycles. The Morgan fingerprint density at radius 3 is 2.42 bits per heavy atom. The fourth-order valence-electron chi connectivity index (χ4n) is 5.26. The number of aromatic nitrogens is 2. The van der Waals surface area contributed by atoms with E-state index in [-0.39, 0.29) is 40.9 Å². The van der Waals surface area contributed by atoms with Gasteiger partial charge in [-0.1, -0.05) is 86.0 Å². The second-order valence-corrected chi connectivity index (χ2v) is 13.8. The van der Waals surface area contributed by atoms with Gasteiger partial charge in [-0.15, -0.1) is 0 Å². The fraction of sp³-hybridized carbons (Fsp3) is 0.256. The zero-order valence-corrected chi connectivity index (χ0v) is 30.2. The number of rotatable bonds is 10. The molecule has 0 fully saturated rings. The van der Waals surface area contributed by atoms with E-state index in [0.29, 0.717) is 40.7 Å². The normalized spacial score (nSPS) is 13.6. The van der Waals surface area contributed by atoms with Crippen LogP contribution < -0.4 is 15.4 Å². The zero-order valence-electron chi connectivity index (χ0n) is 28.6. The van der Waals surface area contributed by atoms with E-state index in [9.17, 15) is 14.7 Å². The van der Waals surface area contributed by atoms with Gasteiger partial charge in [-0.3, -0.25) is 10.1 Å². The molecule has 1 aromatic heterocycles. The Morgan fingerprint density at radius 1 is 1.02 bits per heavy atom. The predicted molar refractivity (Wildman–Crippen MR) is 197 cm³/mol. The summed E-state index contributed by atoms with van der Waals surface area (Å²) in [5, 5.41) is 20.8. The van der Waals surface area contributed by atoms with Crippen molar-refractivity contribution in [1.82, 2.24) is 15.1 Å². The Morgan fingerprint density at radius 2 is 1.74 bits per heavy atom. The largest absolute Gasteiger partial charge is 0.508 e. The maximum Gasteiger partial charge on any atom is 0.320 e. The summed E-state index contributed by atoms with van der Waals surface area (Å²) in [6.45, 7) is 8.42. The highest BCUT2D eigenvalue weighted by Crippen LogP contribution is 2.30. The minimum atomic E-state index is -0.423. The van der Waals surface area contributed by atoms with E-state index in [4.69, 9.17) is 37.8 Å². The van der Waals surface area contributed by atoms with Gasteiger partial charge in [0.05, 0.1) is 23.5 Å². The average molecular weight is 716 g/mol. The average Bonchev–Trinajstić information content (AvgIpc) is 3.51. The van der Waals surface area contributed by atoms with Gasteiger partial charge >= 0.3 is 6.03 Å². The molecular weight excluding hydrogens is 675 g/mol. The number of aromatic hydroxyl groups is 1. The third-order valence-corrected chi connectivity index (χ3v) is 8.77. The highest BCUT2D eigenvalue weighted by Gasteiger charge is 2.23. The lowest BCUT2D eigenvalue weighted by Crippen LogP contribution is -2.29. The van der Waals surface area contributed by atoms with Crippen LogP contribution in [0.5, 0.6) is 11.5 Å². The van der Waals surface area contributed by atoms with Crippen LogP contribution in [-0.4, -0.2) is 33.8 Å². The molecule has 0 spiro atoms. The van der Waals surface area contributed by atoms with Crippen molar-refractivity contribution in [2.45, 2.75) is 59.1 Å². The summed E-state index contributed by atoms with van der Waals surface area (Å²) in [7, 11) is 1.55. The molecule has 1 heterocycles. The van der Waals surface area contributed by atoms with Crippen molar-refractivity contribution in [1.29, 1.82) is 0 Å². The van der Waals surface area contributed by atoms with Gasteiger partial charge < -0.3 is 19.9 Å². The second kappa shape index (κ2) is 15.7. The van der Waals surface area contributed by atoms with Gasteiger partial charge in [-0.25, -0.2) is 9.48 Å². The zero-order chi connectivity index (χ0) is 36.0. The van der Waals surface area contributed by atoms with Crippen LogP contribution in [0.2, 0.25) is 5.02 Å². The summed E-state index contributed by atoms with van der Waals surface area (Å²) < 4.78 is 13.1. The van der Waals surface area contributed by atoms with Crippen LogP contribution in [0.4, 0.5) is 10.6 Å². The lowest BCUT2D eigenvalue weighted by atomic mass is 9.92. The van der Waals surface area contributed by atoms with Gasteiger partial charge in [0.25, 0.3) is 0 Å². The molecule has 4 aromatic rings. The van der Waals surface area contributed by atoms with Crippen LogP contribution in [-0.2, 0) is 34.5 Å². The van der Waals surface area contributed by atoms with Crippen molar-refractivity contribution in [3.63, 3.8) is 0 Å². The van der Waals surface area contributed by atoms with Crippen LogP contribution in [0, 0.1) is 0 Å². The van der Waals surface area contributed by atoms with Gasteiger partial charge in [-0.2, -0.15) is 5.10 Å². The van der Waals surface area contributed by atoms with E-state index in [1.807, 2.05) is 70.2 Å². The first-order valence-electron chi connectivity index (χ1n) is 16.1. The second-order valence-electron chi connectivity index (χ2n) is 13.0. The number of urea groups is 1. The number of nitrogens with zero attached hydrogens (tertiary/aromatic N) is 2. The summed E-state index contributed by atoms with van der Waals surface area (Å²) in [4.78, 5) is 26.7. The van der Waals surface area contributed by atoms with Gasteiger partial charge in [0.2, 0.25) is 5.78 Å². The number of ether oxygens (including phenoxy) is 2. The van der Waals surface area contributed by atoms with E-state index in [1.54, 1.807) is 54.3 Å². The number of carbonyl (C=O) groups is 2. The molecule has 260 valence electrons. The van der Waals surface area contributed by atoms with E-state index in [1.165, 1.54) is 0 Å². The van der Waals surface area contributed by atoms with Crippen LogP contribution in [0.15, 0.2) is 107 Å². The Hall–Kier alpha value is -4.99. The first-order chi connectivity index (χ1) is 23.8. The number of hydrogen-bond acceptors (Lipinski definition) is 6. The molecule has 5 rings (SSSR count). The highest BCUT2D eigenvalue weighted by molar-refractivity contribution is 6.45. The molecule has 1 aliphatic rings. The number of Topliss-reactive ketones (excluding diaryl/α,β-unsaturated/α-hetero) is 1. The molecule has 0 bridgehead atoms. The molecule has 2 amide bonds. The Kier molecular flexibility index (Phi) is 11.4. The number of halogens is 2. The Labute approximate surface area is 302 Å². The molecule has 3 aromatic carbocycles. The summed E-state index contributed by atoms with van der Waals surface area (Å²) in [5.74, 6) is 1.14. The maximum absolute atomic E-state index is 13.5. The Balaban J connectivity index is 1.27. The van der Waals surface area contributed by atoms with Gasteiger partial charge in [0.1, 0.15) is 34.7 Å². The number of ketones is 1. The molecular formula is C39H40Cl2N4O5. The number of phenols is 1. The Bertz CT molecular complexity index is 1990. The minimum Gasteiger partial charge on any atom is -0.508 e. The lowest BCUT2D eigenvalue weighted by molar-refractivity contribution is -0.112. The molecule has 0 saturated carbocycles. The van der Waals surface area contributed by atoms with Crippen LogP contribution in [0.3, 0.4) is 0 Å². The van der Waals surface area contributed by atoms with Crippen molar-refractivity contribution in [2.75, 3.05) is 12.4 Å². The molecule has 9 nitrogen and oxygen atoms in total. The van der Waals surface area contributed by atoms with Gasteiger partial charge in [0, 0.05) is 30.0 Å². The van der Waals surface area contributed by atoms with Crippen molar-refractivity contribution in [2.24, 2.45) is 0 Å². The number of amides is 2. The van der Waals surface area contributed by atoms with Crippen LogP contribution in [0.1, 0.15) is 56.5 Å². The highest BCUT2D eigenvalue weighted by atomic mass is 35.5. The third-order valence-electron chi connectivity index (χ3n) is 8.12.